The number of carbonyl (C=O) groups excluding carboxylic acids is 1. The summed E-state index contributed by atoms with van der Waals surface area (Å²) in [5.74, 6) is 1.50. The quantitative estimate of drug-likeness (QED) is 0.853. The van der Waals surface area contributed by atoms with E-state index in [0.717, 1.165) is 49.5 Å². The maximum atomic E-state index is 12.6. The predicted octanol–water partition coefficient (Wildman–Crippen LogP) is 2.88. The molecule has 27 heavy (non-hydrogen) atoms. The van der Waals surface area contributed by atoms with Gasteiger partial charge in [-0.15, -0.1) is 0 Å². The van der Waals surface area contributed by atoms with Crippen LogP contribution >= 0.6 is 0 Å². The number of rotatable bonds is 5. The number of nitrogens with one attached hydrogen (secondary N) is 2. The number of hydrogen-bond donors (Lipinski definition) is 2. The lowest BCUT2D eigenvalue weighted by Gasteiger charge is -2.33. The molecular weight excluding hydrogens is 342 g/mol. The lowest BCUT2D eigenvalue weighted by molar-refractivity contribution is 0.172. The first-order valence-corrected chi connectivity index (χ1v) is 9.46. The molecule has 2 aromatic rings. The molecular formula is C21H25N3O3. The molecule has 1 unspecified atom stereocenters. The molecule has 0 saturated carbocycles. The van der Waals surface area contributed by atoms with Crippen LogP contribution in [0.5, 0.6) is 11.5 Å². The zero-order valence-electron chi connectivity index (χ0n) is 15.3. The molecule has 0 spiro atoms. The minimum absolute atomic E-state index is 0.0149. The van der Waals surface area contributed by atoms with Crippen molar-refractivity contribution in [3.8, 4) is 11.5 Å². The number of urea groups is 1. The van der Waals surface area contributed by atoms with Gasteiger partial charge in [-0.3, -0.25) is 0 Å². The van der Waals surface area contributed by atoms with Crippen molar-refractivity contribution in [2.75, 3.05) is 19.9 Å². The average Bonchev–Trinajstić information content (AvgIpc) is 3.19. The molecule has 2 amide bonds. The van der Waals surface area contributed by atoms with E-state index < -0.39 is 0 Å². The van der Waals surface area contributed by atoms with Crippen molar-refractivity contribution in [3.63, 3.8) is 0 Å². The van der Waals surface area contributed by atoms with Gasteiger partial charge in [0.25, 0.3) is 0 Å². The van der Waals surface area contributed by atoms with Gasteiger partial charge in [0.05, 0.1) is 0 Å². The third kappa shape index (κ3) is 4.52. The molecule has 0 radical (unpaired) electrons. The number of benzene rings is 2. The first kappa shape index (κ1) is 17.7. The van der Waals surface area contributed by atoms with E-state index in [1.54, 1.807) is 0 Å². The minimum atomic E-state index is -0.0149. The molecule has 2 aliphatic rings. The second-order valence-electron chi connectivity index (χ2n) is 7.00. The Morgan fingerprint density at radius 3 is 2.78 bits per heavy atom. The molecule has 2 N–H and O–H groups in total. The Bertz CT molecular complexity index is 781. The standard InChI is InChI=1S/C21H25N3O3/c25-21(23-13-17-8-9-19-20(11-17)27-15-26-19)24-10-4-7-18(14-24)22-12-16-5-2-1-3-6-16/h1-3,5-6,8-9,11,18,22H,4,7,10,12-15H2,(H,23,25). The van der Waals surface area contributed by atoms with Gasteiger partial charge in [0, 0.05) is 32.2 Å². The largest absolute Gasteiger partial charge is 0.454 e. The van der Waals surface area contributed by atoms with Gasteiger partial charge in [0.2, 0.25) is 6.79 Å². The third-order valence-corrected chi connectivity index (χ3v) is 5.03. The monoisotopic (exact) mass is 367 g/mol. The van der Waals surface area contributed by atoms with Crippen LogP contribution < -0.4 is 20.1 Å². The van der Waals surface area contributed by atoms with E-state index in [9.17, 15) is 4.79 Å². The number of nitrogens with zero attached hydrogens (tertiary/aromatic N) is 1. The Labute approximate surface area is 159 Å². The van der Waals surface area contributed by atoms with E-state index in [1.165, 1.54) is 5.56 Å². The maximum Gasteiger partial charge on any atom is 0.317 e. The van der Waals surface area contributed by atoms with Crippen LogP contribution in [0, 0.1) is 0 Å². The van der Waals surface area contributed by atoms with Crippen LogP contribution in [0.3, 0.4) is 0 Å². The highest BCUT2D eigenvalue weighted by molar-refractivity contribution is 5.74. The summed E-state index contributed by atoms with van der Waals surface area (Å²) in [6.07, 6.45) is 2.11. The lowest BCUT2D eigenvalue weighted by atomic mass is 10.1. The number of ether oxygens (including phenoxy) is 2. The highest BCUT2D eigenvalue weighted by Gasteiger charge is 2.23. The average molecular weight is 367 g/mol. The van der Waals surface area contributed by atoms with E-state index in [0.29, 0.717) is 12.6 Å². The maximum absolute atomic E-state index is 12.6. The molecule has 6 nitrogen and oxygen atoms in total. The predicted molar refractivity (Wildman–Crippen MR) is 103 cm³/mol. The van der Waals surface area contributed by atoms with Gasteiger partial charge >= 0.3 is 6.03 Å². The van der Waals surface area contributed by atoms with Gasteiger partial charge in [-0.25, -0.2) is 4.79 Å². The van der Waals surface area contributed by atoms with Crippen molar-refractivity contribution >= 4 is 6.03 Å². The van der Waals surface area contributed by atoms with Gasteiger partial charge in [0.1, 0.15) is 0 Å². The summed E-state index contributed by atoms with van der Waals surface area (Å²) in [5.41, 5.74) is 2.27. The fourth-order valence-corrected chi connectivity index (χ4v) is 3.53. The van der Waals surface area contributed by atoms with E-state index >= 15 is 0 Å². The molecule has 1 saturated heterocycles. The molecule has 2 aromatic carbocycles. The molecule has 1 atom stereocenters. The molecule has 0 aromatic heterocycles. The van der Waals surface area contributed by atoms with E-state index in [4.69, 9.17) is 9.47 Å². The van der Waals surface area contributed by atoms with Gasteiger partial charge in [0.15, 0.2) is 11.5 Å². The fourth-order valence-electron chi connectivity index (χ4n) is 3.53. The molecule has 6 heteroatoms. The summed E-state index contributed by atoms with van der Waals surface area (Å²) in [7, 11) is 0. The molecule has 2 aliphatic heterocycles. The van der Waals surface area contributed by atoms with Crippen LogP contribution in [0.1, 0.15) is 24.0 Å². The van der Waals surface area contributed by atoms with Crippen molar-refractivity contribution in [3.05, 3.63) is 59.7 Å². The lowest BCUT2D eigenvalue weighted by Crippen LogP contribution is -2.50. The zero-order valence-corrected chi connectivity index (χ0v) is 15.3. The summed E-state index contributed by atoms with van der Waals surface area (Å²) in [6, 6.07) is 16.4. The van der Waals surface area contributed by atoms with E-state index in [2.05, 4.69) is 22.8 Å². The van der Waals surface area contributed by atoms with Crippen molar-refractivity contribution < 1.29 is 14.3 Å². The topological polar surface area (TPSA) is 62.8 Å². The van der Waals surface area contributed by atoms with Gasteiger partial charge in [-0.1, -0.05) is 36.4 Å². The number of carbonyl (C=O) groups is 1. The summed E-state index contributed by atoms with van der Waals surface area (Å²) < 4.78 is 10.7. The van der Waals surface area contributed by atoms with Crippen LogP contribution in [0.2, 0.25) is 0 Å². The van der Waals surface area contributed by atoms with Crippen molar-refractivity contribution in [1.82, 2.24) is 15.5 Å². The molecule has 142 valence electrons. The minimum Gasteiger partial charge on any atom is -0.454 e. The second-order valence-corrected chi connectivity index (χ2v) is 7.00. The van der Waals surface area contributed by atoms with Crippen molar-refractivity contribution in [1.29, 1.82) is 0 Å². The van der Waals surface area contributed by atoms with Gasteiger partial charge in [-0.2, -0.15) is 0 Å². The van der Waals surface area contributed by atoms with Crippen LogP contribution in [0.4, 0.5) is 4.79 Å². The zero-order chi connectivity index (χ0) is 18.5. The Morgan fingerprint density at radius 1 is 1.04 bits per heavy atom. The number of likely N-dealkylation sites (tertiary alicyclic amines) is 1. The smallest absolute Gasteiger partial charge is 0.317 e. The van der Waals surface area contributed by atoms with E-state index in [-0.39, 0.29) is 12.8 Å². The van der Waals surface area contributed by atoms with Gasteiger partial charge in [-0.05, 0) is 36.1 Å². The van der Waals surface area contributed by atoms with Crippen LogP contribution in [0.15, 0.2) is 48.5 Å². The first-order valence-electron chi connectivity index (χ1n) is 9.46. The number of piperidine rings is 1. The Kier molecular flexibility index (Phi) is 5.44. The summed E-state index contributed by atoms with van der Waals surface area (Å²) in [6.45, 7) is 3.11. The van der Waals surface area contributed by atoms with Crippen molar-refractivity contribution in [2.45, 2.75) is 32.0 Å². The van der Waals surface area contributed by atoms with Crippen molar-refractivity contribution in [2.24, 2.45) is 0 Å². The molecule has 0 bridgehead atoms. The Morgan fingerprint density at radius 2 is 1.89 bits per heavy atom. The highest BCUT2D eigenvalue weighted by Crippen LogP contribution is 2.32. The number of fused-ring (bicyclic) bond motifs is 1. The summed E-state index contributed by atoms with van der Waals surface area (Å²) >= 11 is 0. The SMILES string of the molecule is O=C(NCc1ccc2c(c1)OCO2)N1CCCC(NCc2ccccc2)C1. The molecule has 2 heterocycles. The van der Waals surface area contributed by atoms with Crippen LogP contribution in [-0.2, 0) is 13.1 Å². The molecule has 1 fully saturated rings. The molecule has 0 aliphatic carbocycles. The Balaban J connectivity index is 1.25. The highest BCUT2D eigenvalue weighted by atomic mass is 16.7. The summed E-state index contributed by atoms with van der Waals surface area (Å²) in [5, 5.41) is 6.59. The summed E-state index contributed by atoms with van der Waals surface area (Å²) in [4.78, 5) is 14.5. The fraction of sp³-hybridized carbons (Fsp3) is 0.381. The number of hydrogen-bond acceptors (Lipinski definition) is 4. The second kappa shape index (κ2) is 8.31. The number of amides is 2. The van der Waals surface area contributed by atoms with Crippen LogP contribution in [-0.4, -0.2) is 36.9 Å². The van der Waals surface area contributed by atoms with E-state index in [1.807, 2.05) is 41.3 Å². The van der Waals surface area contributed by atoms with Crippen LogP contribution in [0.25, 0.3) is 0 Å². The normalized spacial score (nSPS) is 18.4. The van der Waals surface area contributed by atoms with Gasteiger partial charge < -0.3 is 25.0 Å². The first-order chi connectivity index (χ1) is 13.3. The Hall–Kier alpha value is -2.73. The third-order valence-electron chi connectivity index (χ3n) is 5.03. The molecule has 4 rings (SSSR count).